The maximum atomic E-state index is 15.4. The van der Waals surface area contributed by atoms with Crippen LogP contribution in [-0.4, -0.2) is 84.2 Å². The van der Waals surface area contributed by atoms with E-state index in [2.05, 4.69) is 103 Å². The number of anilines is 6. The molecule has 2 fully saturated rings. The molecule has 0 atom stereocenters. The van der Waals surface area contributed by atoms with Gasteiger partial charge in [-0.3, -0.25) is 56.2 Å². The van der Waals surface area contributed by atoms with Crippen molar-refractivity contribution in [2.45, 2.75) is 130 Å². The first kappa shape index (κ1) is 77.2. The minimum atomic E-state index is -1.67. The summed E-state index contributed by atoms with van der Waals surface area (Å²) in [4.78, 5) is 108. The lowest BCUT2D eigenvalue weighted by Gasteiger charge is -2.21. The number of nitrogens with zero attached hydrogens (tertiary/aromatic N) is 7. The average Bonchev–Trinajstić information content (AvgIpc) is 1.09. The predicted molar refractivity (Wildman–Crippen MR) is 402 cm³/mol. The fourth-order valence-corrected chi connectivity index (χ4v) is 11.0. The largest absolute Gasteiger partial charge is 0.338 e. The highest BCUT2D eigenvalue weighted by Crippen LogP contribution is 2.36. The molecule has 27 heteroatoms. The molecule has 2 amide bonds. The number of fused-ring (bicyclic) bond motifs is 2. The minimum absolute atomic E-state index is 0.0523. The number of hydrogen-bond acceptors (Lipinski definition) is 11. The lowest BCUT2D eigenvalue weighted by atomic mass is 10.1. The van der Waals surface area contributed by atoms with Gasteiger partial charge in [0.2, 0.25) is 11.8 Å². The summed E-state index contributed by atoms with van der Waals surface area (Å²) in [6.07, 6.45) is 7.78. The summed E-state index contributed by atoms with van der Waals surface area (Å²) >= 11 is 16.4. The van der Waals surface area contributed by atoms with Crippen LogP contribution < -0.4 is 54.9 Å². The Kier molecular flexibility index (Phi) is 26.5. The van der Waals surface area contributed by atoms with E-state index in [0.717, 1.165) is 0 Å². The van der Waals surface area contributed by atoms with Gasteiger partial charge in [-0.2, -0.15) is 0 Å². The molecular formula is C69H81Cl3F2IN11O8Si2. The third kappa shape index (κ3) is 19.5. The first-order chi connectivity index (χ1) is 45.0. The highest BCUT2D eigenvalue weighted by molar-refractivity contribution is 14.1. The number of hydrogen-bond donors (Lipinski definition) is 4. The van der Waals surface area contributed by atoms with Crippen LogP contribution in [0.25, 0.3) is 33.2 Å². The number of carbonyl (C=O) groups is 2. The third-order valence-electron chi connectivity index (χ3n) is 15.1. The highest BCUT2D eigenvalue weighted by atomic mass is 127. The van der Waals surface area contributed by atoms with E-state index in [-0.39, 0.29) is 79.8 Å². The molecule has 4 aromatic carbocycles. The molecule has 4 heterocycles. The molecule has 19 nitrogen and oxygen atoms in total. The van der Waals surface area contributed by atoms with E-state index in [1.165, 1.54) is 99.2 Å². The second-order valence-corrected chi connectivity index (χ2v) is 37.7. The van der Waals surface area contributed by atoms with Crippen molar-refractivity contribution >= 4 is 142 Å². The molecule has 0 radical (unpaired) electrons. The Morgan fingerprint density at radius 2 is 0.990 bits per heavy atom. The van der Waals surface area contributed by atoms with E-state index in [4.69, 9.17) is 41.2 Å². The van der Waals surface area contributed by atoms with E-state index in [9.17, 15) is 42.7 Å². The summed E-state index contributed by atoms with van der Waals surface area (Å²) in [7, 11) is 0.218. The van der Waals surface area contributed by atoms with Crippen LogP contribution >= 0.6 is 57.4 Å². The van der Waals surface area contributed by atoms with Gasteiger partial charge in [0.25, 0.3) is 22.2 Å². The molecule has 0 bridgehead atoms. The monoisotopic (exact) mass is 1520 g/mol. The van der Waals surface area contributed by atoms with E-state index in [1.54, 1.807) is 74.5 Å². The zero-order valence-corrected chi connectivity index (χ0v) is 62.9. The van der Waals surface area contributed by atoms with Crippen molar-refractivity contribution in [3.05, 3.63) is 179 Å². The third-order valence-corrected chi connectivity index (χ3v) is 17.5. The summed E-state index contributed by atoms with van der Waals surface area (Å²) in [6, 6.07) is 21.7. The number of terminal acetylenes is 1. The van der Waals surface area contributed by atoms with Gasteiger partial charge in [0, 0.05) is 71.7 Å². The van der Waals surface area contributed by atoms with Crippen LogP contribution in [0, 0.1) is 52.5 Å². The van der Waals surface area contributed by atoms with E-state index < -0.39 is 65.7 Å². The molecule has 8 aromatic rings. The van der Waals surface area contributed by atoms with Crippen LogP contribution in [0.5, 0.6) is 0 Å². The van der Waals surface area contributed by atoms with Crippen molar-refractivity contribution in [3.63, 3.8) is 0 Å². The van der Waals surface area contributed by atoms with Crippen molar-refractivity contribution in [2.24, 2.45) is 14.1 Å². The molecule has 0 aliphatic heterocycles. The standard InChI is InChI=1S/C31H32FN5O4Si.C26H23FIN5O4.C6H15N.C5H10Si.CHCl3/c1-18-27-26(28(35(3)29(18)39)34-25-13-10-20(16-24(25)32)14-15-42(4,5)6)30(40)37(22-11-12-22)31(41)36(27)23-9-7-8-21(17-23)33-19(2)38;1-13-22-21(23(31(3)24(13)35)30-20-10-7-15(28)11-19(20)27)25(36)33(17-8-9-17)26(37)32(22)18-6-4-5-16(12-18)29-14(2)34;1-4-7(5-2)6-3;1-5-6(2,3)4;2-1(3)4/h7-10,13,16-17,22,34H,11-12H2,1-6H3,(H,33,38);4-7,10-12,17,30H,8-9H2,1-3H3,(H,29,34);4-6H2,1-3H3;1H,2-4H3;1H. The lowest BCUT2D eigenvalue weighted by Crippen LogP contribution is -2.41. The number of carbonyl (C=O) groups excluding carboxylic acids is 2. The Hall–Kier alpha value is -7.83. The smallest absolute Gasteiger partial charge is 0.336 e. The fraction of sp³-hybridized carbons (Fsp3) is 0.362. The van der Waals surface area contributed by atoms with Crippen LogP contribution in [0.15, 0.2) is 114 Å². The zero-order chi connectivity index (χ0) is 71.6. The Labute approximate surface area is 586 Å². The van der Waals surface area contributed by atoms with E-state index >= 15 is 4.39 Å². The van der Waals surface area contributed by atoms with Crippen LogP contribution in [0.2, 0.25) is 39.3 Å². The molecule has 0 saturated heterocycles. The topological polar surface area (TPSA) is 218 Å². The van der Waals surface area contributed by atoms with E-state index in [0.29, 0.717) is 57.6 Å². The molecule has 4 N–H and O–H groups in total. The van der Waals surface area contributed by atoms with Gasteiger partial charge in [0.15, 0.2) is 4.30 Å². The Balaban J connectivity index is 0.000000246. The Bertz CT molecular complexity index is 4770. The second kappa shape index (κ2) is 32.9. The number of aryl methyl sites for hydroxylation is 2. The molecule has 0 spiro atoms. The second-order valence-electron chi connectivity index (χ2n) is 25.0. The predicted octanol–water partition coefficient (Wildman–Crippen LogP) is 13.3. The normalized spacial score (nSPS) is 12.5. The molecule has 510 valence electrons. The molecule has 0 unspecified atom stereocenters. The fourth-order valence-electron chi connectivity index (χ4n) is 10.0. The zero-order valence-electron chi connectivity index (χ0n) is 56.5. The van der Waals surface area contributed by atoms with Gasteiger partial charge < -0.3 is 26.2 Å². The van der Waals surface area contributed by atoms with Crippen molar-refractivity contribution in [1.29, 1.82) is 0 Å². The molecule has 96 heavy (non-hydrogen) atoms. The van der Waals surface area contributed by atoms with E-state index in [1.807, 2.05) is 22.6 Å². The van der Waals surface area contributed by atoms with Crippen molar-refractivity contribution in [1.82, 2.24) is 32.3 Å². The molecule has 4 aromatic heterocycles. The number of benzene rings is 4. The van der Waals surface area contributed by atoms with Gasteiger partial charge in [0.1, 0.15) is 50.2 Å². The number of halogens is 6. The number of alkyl halides is 3. The van der Waals surface area contributed by atoms with Gasteiger partial charge in [0.05, 0.1) is 33.8 Å². The SMILES string of the molecule is C#C[Si](C)(C)C.CC(=O)Nc1cccc(-n2c(=O)n(C3CC3)c(=O)c3c(Nc4ccc(C#C[Si](C)(C)C)cc4F)n(C)c(=O)c(C)c32)c1.CC(=O)Nc1cccc(-n2c(=O)n(C3CC3)c(=O)c3c(Nc4ccc(I)cc4F)n(C)c(=O)c(C)c32)c1.CCN(CC)CC.ClC(Cl)Cl. The van der Waals surface area contributed by atoms with Crippen LogP contribution in [0.3, 0.4) is 0 Å². The van der Waals surface area contributed by atoms with Crippen molar-refractivity contribution in [2.75, 3.05) is 40.9 Å². The molecule has 2 aliphatic rings. The van der Waals surface area contributed by atoms with Crippen LogP contribution in [0.1, 0.15) is 89.1 Å². The highest BCUT2D eigenvalue weighted by Gasteiger charge is 2.34. The quantitative estimate of drug-likeness (QED) is 0.0368. The number of pyridine rings is 2. The Morgan fingerprint density at radius 1 is 0.615 bits per heavy atom. The number of nitrogens with one attached hydrogen (secondary N) is 4. The number of rotatable bonds is 13. The summed E-state index contributed by atoms with van der Waals surface area (Å²) in [5.41, 5.74) is 5.67. The summed E-state index contributed by atoms with van der Waals surface area (Å²) < 4.78 is 37.7. The lowest BCUT2D eigenvalue weighted by molar-refractivity contribution is -0.115. The van der Waals surface area contributed by atoms with Gasteiger partial charge in [-0.25, -0.2) is 18.4 Å². The van der Waals surface area contributed by atoms with Gasteiger partial charge in [-0.15, -0.1) is 17.5 Å². The maximum absolute atomic E-state index is 15.4. The van der Waals surface area contributed by atoms with Crippen LogP contribution in [-0.2, 0) is 23.7 Å². The molecule has 2 aliphatic carbocycles. The van der Waals surface area contributed by atoms with Gasteiger partial charge in [-0.1, -0.05) is 113 Å². The molecule has 10 rings (SSSR count). The van der Waals surface area contributed by atoms with Gasteiger partial charge in [-0.05, 0) is 155 Å². The van der Waals surface area contributed by atoms with Crippen molar-refractivity contribution in [3.8, 4) is 34.8 Å². The summed E-state index contributed by atoms with van der Waals surface area (Å²) in [6.45, 7) is 28.7. The average molecular weight is 1520 g/mol. The maximum Gasteiger partial charge on any atom is 0.336 e. The molecule has 2 saturated carbocycles. The van der Waals surface area contributed by atoms with Crippen LogP contribution in [0.4, 0.5) is 43.2 Å². The van der Waals surface area contributed by atoms with Gasteiger partial charge >= 0.3 is 11.4 Å². The van der Waals surface area contributed by atoms with Crippen molar-refractivity contribution < 1.29 is 18.4 Å². The first-order valence-corrected chi connectivity index (χ1v) is 40.4. The number of aromatic nitrogens is 6. The number of amides is 2. The summed E-state index contributed by atoms with van der Waals surface area (Å²) in [5.74, 6) is 1.45. The Morgan fingerprint density at radius 3 is 1.30 bits per heavy atom. The first-order valence-electron chi connectivity index (χ1n) is 31.0. The molecular weight excluding hydrogens is 1440 g/mol. The minimum Gasteiger partial charge on any atom is -0.338 e. The summed E-state index contributed by atoms with van der Waals surface area (Å²) in [5, 5.41) is 11.5.